The average molecular weight is 330 g/mol. The highest BCUT2D eigenvalue weighted by Crippen LogP contribution is 2.13. The van der Waals surface area contributed by atoms with Crippen LogP contribution in [0.5, 0.6) is 0 Å². The summed E-state index contributed by atoms with van der Waals surface area (Å²) in [6.45, 7) is 4.32. The first-order chi connectivity index (χ1) is 11.1. The molecule has 0 atom stereocenters. The lowest BCUT2D eigenvalue weighted by atomic mass is 10.0. The first kappa shape index (κ1) is 22.9. The quantitative estimate of drug-likeness (QED) is 0.230. The van der Waals surface area contributed by atoms with E-state index in [4.69, 9.17) is 10.2 Å². The van der Waals surface area contributed by atoms with Crippen molar-refractivity contribution >= 4 is 0 Å². The molecule has 0 aliphatic heterocycles. The lowest BCUT2D eigenvalue weighted by Gasteiger charge is -2.17. The molecule has 0 fully saturated rings. The van der Waals surface area contributed by atoms with Crippen molar-refractivity contribution in [3.63, 3.8) is 0 Å². The summed E-state index contributed by atoms with van der Waals surface area (Å²) < 4.78 is 0. The fourth-order valence-electron chi connectivity index (χ4n) is 3.00. The lowest BCUT2D eigenvalue weighted by molar-refractivity contribution is -0.169. The molecule has 0 aromatic rings. The zero-order valence-electron chi connectivity index (χ0n) is 15.9. The van der Waals surface area contributed by atoms with Gasteiger partial charge in [0, 0.05) is 13.5 Å². The number of aliphatic hydroxyl groups is 2. The van der Waals surface area contributed by atoms with Crippen LogP contribution >= 0.6 is 0 Å². The Hall–Kier alpha value is -0.120. The molecule has 0 bridgehead atoms. The molecule has 0 aromatic heterocycles. The van der Waals surface area contributed by atoms with Gasteiger partial charge < -0.3 is 10.2 Å². The highest BCUT2D eigenvalue weighted by atomic mass is 16.5. The van der Waals surface area contributed by atoms with E-state index in [0.29, 0.717) is 6.54 Å². The van der Waals surface area contributed by atoms with Crippen LogP contribution in [0.3, 0.4) is 0 Å². The Morgan fingerprint density at radius 2 is 0.870 bits per heavy atom. The van der Waals surface area contributed by atoms with Crippen molar-refractivity contribution in [2.24, 2.45) is 0 Å². The van der Waals surface area contributed by atoms with E-state index in [-0.39, 0.29) is 0 Å². The Bertz CT molecular complexity index is 226. The Balaban J connectivity index is 3.00. The molecule has 0 aliphatic carbocycles. The molecule has 3 heteroatoms. The molecule has 0 amide bonds. The molecule has 23 heavy (non-hydrogen) atoms. The van der Waals surface area contributed by atoms with Crippen molar-refractivity contribution in [2.75, 3.05) is 6.54 Å². The van der Waals surface area contributed by atoms with E-state index in [1.165, 1.54) is 103 Å². The van der Waals surface area contributed by atoms with Gasteiger partial charge in [-0.3, -0.25) is 5.32 Å². The molecule has 0 saturated heterocycles. The number of hydrogen-bond donors (Lipinski definition) is 3. The van der Waals surface area contributed by atoms with Crippen LogP contribution in [0, 0.1) is 0 Å². The highest BCUT2D eigenvalue weighted by molar-refractivity contribution is 4.55. The van der Waals surface area contributed by atoms with Crippen molar-refractivity contribution in [3.05, 3.63) is 0 Å². The summed E-state index contributed by atoms with van der Waals surface area (Å²) in [6.07, 6.45) is 21.8. The van der Waals surface area contributed by atoms with Crippen molar-refractivity contribution in [1.29, 1.82) is 0 Å². The SMILES string of the molecule is CCCCCCCCCCCCCCCCCCNC(C)(O)O. The van der Waals surface area contributed by atoms with Crippen molar-refractivity contribution < 1.29 is 10.2 Å². The summed E-state index contributed by atoms with van der Waals surface area (Å²) in [4.78, 5) is 0. The predicted molar refractivity (Wildman–Crippen MR) is 100 cm³/mol. The van der Waals surface area contributed by atoms with Crippen LogP contribution in [0.1, 0.15) is 117 Å². The van der Waals surface area contributed by atoms with Gasteiger partial charge in [0.05, 0.1) is 0 Å². The van der Waals surface area contributed by atoms with Crippen molar-refractivity contribution in [2.45, 2.75) is 122 Å². The molecular formula is C20H43NO2. The van der Waals surface area contributed by atoms with Crippen LogP contribution in [0.2, 0.25) is 0 Å². The molecule has 140 valence electrons. The molecule has 0 spiro atoms. The maximum atomic E-state index is 9.09. The monoisotopic (exact) mass is 329 g/mol. The van der Waals surface area contributed by atoms with Crippen molar-refractivity contribution in [1.82, 2.24) is 5.32 Å². The highest BCUT2D eigenvalue weighted by Gasteiger charge is 2.11. The number of nitrogens with one attached hydrogen (secondary N) is 1. The largest absolute Gasteiger partial charge is 0.354 e. The van der Waals surface area contributed by atoms with E-state index < -0.39 is 5.91 Å². The second kappa shape index (κ2) is 16.7. The zero-order valence-corrected chi connectivity index (χ0v) is 15.9. The van der Waals surface area contributed by atoms with Gasteiger partial charge in [0.15, 0.2) is 0 Å². The van der Waals surface area contributed by atoms with Crippen molar-refractivity contribution in [3.8, 4) is 0 Å². The molecule has 0 radical (unpaired) electrons. The smallest absolute Gasteiger partial charge is 0.219 e. The lowest BCUT2D eigenvalue weighted by Crippen LogP contribution is -2.42. The van der Waals surface area contributed by atoms with Gasteiger partial charge in [0.2, 0.25) is 5.91 Å². The average Bonchev–Trinajstić information content (AvgIpc) is 2.49. The number of hydrogen-bond acceptors (Lipinski definition) is 3. The Morgan fingerprint density at radius 3 is 1.17 bits per heavy atom. The second-order valence-electron chi connectivity index (χ2n) is 7.25. The van der Waals surface area contributed by atoms with E-state index in [2.05, 4.69) is 12.2 Å². The molecule has 0 aromatic carbocycles. The minimum absolute atomic E-state index is 0.682. The summed E-state index contributed by atoms with van der Waals surface area (Å²) in [7, 11) is 0. The fourth-order valence-corrected chi connectivity index (χ4v) is 3.00. The molecule has 3 nitrogen and oxygen atoms in total. The number of rotatable bonds is 18. The third-order valence-electron chi connectivity index (χ3n) is 4.49. The molecule has 0 rings (SSSR count). The minimum atomic E-state index is -1.71. The molecular weight excluding hydrogens is 286 g/mol. The molecule has 0 aliphatic rings. The van der Waals surface area contributed by atoms with Gasteiger partial charge in [0.1, 0.15) is 0 Å². The summed E-state index contributed by atoms with van der Waals surface area (Å²) in [5.41, 5.74) is 0. The van der Waals surface area contributed by atoms with Crippen LogP contribution < -0.4 is 5.32 Å². The first-order valence-corrected chi connectivity index (χ1v) is 10.3. The van der Waals surface area contributed by atoms with E-state index in [0.717, 1.165) is 6.42 Å². The zero-order chi connectivity index (χ0) is 17.2. The van der Waals surface area contributed by atoms with Crippen LogP contribution in [-0.4, -0.2) is 22.7 Å². The van der Waals surface area contributed by atoms with Gasteiger partial charge in [-0.2, -0.15) is 0 Å². The minimum Gasteiger partial charge on any atom is -0.354 e. The van der Waals surface area contributed by atoms with Crippen LogP contribution in [0.15, 0.2) is 0 Å². The van der Waals surface area contributed by atoms with E-state index >= 15 is 0 Å². The van der Waals surface area contributed by atoms with Gasteiger partial charge in [-0.05, 0) is 6.42 Å². The van der Waals surface area contributed by atoms with Crippen LogP contribution in [-0.2, 0) is 0 Å². The van der Waals surface area contributed by atoms with E-state index in [1.54, 1.807) is 0 Å². The molecule has 0 saturated carbocycles. The molecule has 0 unspecified atom stereocenters. The second-order valence-corrected chi connectivity index (χ2v) is 7.25. The summed E-state index contributed by atoms with van der Waals surface area (Å²) in [5, 5.41) is 20.9. The fraction of sp³-hybridized carbons (Fsp3) is 1.00. The topological polar surface area (TPSA) is 52.5 Å². The van der Waals surface area contributed by atoms with Gasteiger partial charge in [-0.1, -0.05) is 103 Å². The maximum Gasteiger partial charge on any atom is 0.219 e. The third-order valence-corrected chi connectivity index (χ3v) is 4.49. The maximum absolute atomic E-state index is 9.09. The summed E-state index contributed by atoms with van der Waals surface area (Å²) in [6, 6.07) is 0. The predicted octanol–water partition coefficient (Wildman–Crippen LogP) is 5.50. The normalized spacial score (nSPS) is 12.0. The van der Waals surface area contributed by atoms with Gasteiger partial charge in [0.25, 0.3) is 0 Å². The summed E-state index contributed by atoms with van der Waals surface area (Å²) >= 11 is 0. The molecule has 0 heterocycles. The van der Waals surface area contributed by atoms with Gasteiger partial charge in [-0.15, -0.1) is 0 Å². The van der Waals surface area contributed by atoms with Gasteiger partial charge in [-0.25, -0.2) is 0 Å². The number of unbranched alkanes of at least 4 members (excludes halogenated alkanes) is 15. The van der Waals surface area contributed by atoms with Crippen LogP contribution in [0.25, 0.3) is 0 Å². The third kappa shape index (κ3) is 21.9. The van der Waals surface area contributed by atoms with Crippen LogP contribution in [0.4, 0.5) is 0 Å². The summed E-state index contributed by atoms with van der Waals surface area (Å²) in [5.74, 6) is -1.71. The standard InChI is InChI=1S/C20H43NO2/c1-3-4-5-6-7-8-9-10-11-12-13-14-15-16-17-18-19-21-20(2,22)23/h21-23H,3-19H2,1-2H3. The van der Waals surface area contributed by atoms with Gasteiger partial charge >= 0.3 is 0 Å². The Morgan fingerprint density at radius 1 is 0.565 bits per heavy atom. The molecule has 3 N–H and O–H groups in total. The Labute approximate surface area is 145 Å². The van der Waals surface area contributed by atoms with E-state index in [9.17, 15) is 0 Å². The first-order valence-electron chi connectivity index (χ1n) is 10.3. The van der Waals surface area contributed by atoms with E-state index in [1.807, 2.05) is 0 Å². The Kier molecular flexibility index (Phi) is 16.6.